The van der Waals surface area contributed by atoms with Crippen LogP contribution in [0.25, 0.3) is 0 Å². The molecule has 0 bridgehead atoms. The number of piperazine rings is 1. The van der Waals surface area contributed by atoms with Gasteiger partial charge in [0.1, 0.15) is 5.01 Å². The number of ketones is 1. The van der Waals surface area contributed by atoms with E-state index in [9.17, 15) is 9.59 Å². The first-order chi connectivity index (χ1) is 11.1. The lowest BCUT2D eigenvalue weighted by molar-refractivity contribution is -0.124. The van der Waals surface area contributed by atoms with Crippen LogP contribution in [0.2, 0.25) is 0 Å². The maximum atomic E-state index is 12.0. The molecule has 1 saturated heterocycles. The van der Waals surface area contributed by atoms with Crippen molar-refractivity contribution >= 4 is 23.0 Å². The topological polar surface area (TPSA) is 65.5 Å². The molecule has 0 aromatic carbocycles. The third-order valence-corrected chi connectivity index (χ3v) is 5.11. The van der Waals surface area contributed by atoms with Crippen molar-refractivity contribution in [2.75, 3.05) is 32.7 Å². The van der Waals surface area contributed by atoms with Crippen molar-refractivity contribution in [3.8, 4) is 0 Å². The van der Waals surface area contributed by atoms with E-state index < -0.39 is 0 Å². The molecular weight excluding hydrogens is 324 g/mol. The molecule has 2 rings (SSSR count). The molecule has 1 fully saturated rings. The molecule has 1 aliphatic heterocycles. The Morgan fingerprint density at radius 2 is 1.75 bits per heavy atom. The summed E-state index contributed by atoms with van der Waals surface area (Å²) in [7, 11) is 0. The van der Waals surface area contributed by atoms with Gasteiger partial charge in [-0.3, -0.25) is 19.4 Å². The Morgan fingerprint density at radius 1 is 1.17 bits per heavy atom. The minimum atomic E-state index is -0.184. The van der Waals surface area contributed by atoms with Gasteiger partial charge in [0.15, 0.2) is 5.78 Å². The fraction of sp³-hybridized carbons (Fsp3) is 0.706. The molecule has 1 aromatic heterocycles. The molecule has 1 amide bonds. The highest BCUT2D eigenvalue weighted by atomic mass is 32.1. The molecule has 0 unspecified atom stereocenters. The summed E-state index contributed by atoms with van der Waals surface area (Å²) in [6, 6.07) is 0. The summed E-state index contributed by atoms with van der Waals surface area (Å²) < 4.78 is 0. The van der Waals surface area contributed by atoms with Crippen LogP contribution in [0, 0.1) is 6.92 Å². The van der Waals surface area contributed by atoms with Crippen molar-refractivity contribution in [2.45, 2.75) is 46.7 Å². The number of aromatic nitrogens is 1. The first-order valence-electron chi connectivity index (χ1n) is 8.37. The summed E-state index contributed by atoms with van der Waals surface area (Å²) in [5.74, 6) is 0.170. The van der Waals surface area contributed by atoms with E-state index in [-0.39, 0.29) is 17.2 Å². The maximum absolute atomic E-state index is 12.0. The molecule has 2 heterocycles. The van der Waals surface area contributed by atoms with Crippen molar-refractivity contribution in [1.82, 2.24) is 20.1 Å². The van der Waals surface area contributed by atoms with E-state index in [1.54, 1.807) is 6.92 Å². The second-order valence-electron chi connectivity index (χ2n) is 7.43. The number of thiazole rings is 1. The molecule has 0 aliphatic carbocycles. The quantitative estimate of drug-likeness (QED) is 0.817. The molecule has 6 nitrogen and oxygen atoms in total. The average Bonchev–Trinajstić information content (AvgIpc) is 2.80. The smallest absolute Gasteiger partial charge is 0.234 e. The predicted octanol–water partition coefficient (Wildman–Crippen LogP) is 1.69. The average molecular weight is 353 g/mol. The van der Waals surface area contributed by atoms with Crippen LogP contribution in [0.5, 0.6) is 0 Å². The normalized spacial score (nSPS) is 17.0. The Balaban J connectivity index is 1.80. The van der Waals surface area contributed by atoms with Crippen LogP contribution in [-0.4, -0.2) is 64.7 Å². The van der Waals surface area contributed by atoms with Crippen molar-refractivity contribution in [3.05, 3.63) is 15.6 Å². The van der Waals surface area contributed by atoms with Crippen LogP contribution in [0.3, 0.4) is 0 Å². The van der Waals surface area contributed by atoms with Gasteiger partial charge in [0, 0.05) is 38.6 Å². The molecule has 0 atom stereocenters. The molecule has 0 radical (unpaired) electrons. The van der Waals surface area contributed by atoms with E-state index in [1.807, 2.05) is 27.7 Å². The molecule has 7 heteroatoms. The Morgan fingerprint density at radius 3 is 2.25 bits per heavy atom. The second-order valence-corrected chi connectivity index (χ2v) is 8.51. The molecule has 1 aliphatic rings. The van der Waals surface area contributed by atoms with Gasteiger partial charge in [0.05, 0.1) is 23.7 Å². The van der Waals surface area contributed by atoms with Gasteiger partial charge in [-0.05, 0) is 27.7 Å². The van der Waals surface area contributed by atoms with E-state index in [0.717, 1.165) is 48.3 Å². The van der Waals surface area contributed by atoms with Gasteiger partial charge in [-0.15, -0.1) is 11.3 Å². The minimum Gasteiger partial charge on any atom is -0.350 e. The maximum Gasteiger partial charge on any atom is 0.234 e. The highest BCUT2D eigenvalue weighted by Crippen LogP contribution is 2.20. The number of rotatable bonds is 5. The standard InChI is InChI=1S/C17H28N4O2S/c1-12-16(13(2)22)24-15(18-12)11-21-8-6-20(7-9-21)10-14(23)19-17(3,4)5/h6-11H2,1-5H3,(H,19,23). The molecule has 0 saturated carbocycles. The minimum absolute atomic E-state index is 0.0811. The molecular formula is C17H28N4O2S. The summed E-state index contributed by atoms with van der Waals surface area (Å²) in [6.07, 6.45) is 0. The molecule has 24 heavy (non-hydrogen) atoms. The Hall–Kier alpha value is -1.31. The van der Waals surface area contributed by atoms with Crippen LogP contribution >= 0.6 is 11.3 Å². The highest BCUT2D eigenvalue weighted by molar-refractivity contribution is 7.13. The lowest BCUT2D eigenvalue weighted by Crippen LogP contribution is -2.51. The summed E-state index contributed by atoms with van der Waals surface area (Å²) in [5, 5.41) is 4.00. The first-order valence-corrected chi connectivity index (χ1v) is 9.18. The molecule has 1 N–H and O–H groups in total. The number of aryl methyl sites for hydroxylation is 1. The largest absolute Gasteiger partial charge is 0.350 e. The van der Waals surface area contributed by atoms with Gasteiger partial charge in [-0.25, -0.2) is 4.98 Å². The number of Topliss-reactive ketones (excluding diaryl/α,β-unsaturated/α-hetero) is 1. The highest BCUT2D eigenvalue weighted by Gasteiger charge is 2.22. The SMILES string of the molecule is CC(=O)c1sc(CN2CCN(CC(=O)NC(C)(C)C)CC2)nc1C. The van der Waals surface area contributed by atoms with Gasteiger partial charge in [-0.2, -0.15) is 0 Å². The summed E-state index contributed by atoms with van der Waals surface area (Å²) in [4.78, 5) is 33.3. The number of carbonyl (C=O) groups is 2. The van der Waals surface area contributed by atoms with E-state index in [4.69, 9.17) is 0 Å². The van der Waals surface area contributed by atoms with Gasteiger partial charge in [-0.1, -0.05) is 0 Å². The van der Waals surface area contributed by atoms with Crippen molar-refractivity contribution in [3.63, 3.8) is 0 Å². The van der Waals surface area contributed by atoms with Crippen LogP contribution in [0.15, 0.2) is 0 Å². The summed E-state index contributed by atoms with van der Waals surface area (Å²) in [6.45, 7) is 14.3. The Labute approximate surface area is 148 Å². The Bertz CT molecular complexity index is 598. The van der Waals surface area contributed by atoms with E-state index in [2.05, 4.69) is 20.1 Å². The lowest BCUT2D eigenvalue weighted by Gasteiger charge is -2.34. The van der Waals surface area contributed by atoms with Gasteiger partial charge in [0.2, 0.25) is 5.91 Å². The zero-order valence-electron chi connectivity index (χ0n) is 15.3. The van der Waals surface area contributed by atoms with E-state index in [1.165, 1.54) is 11.3 Å². The molecule has 1 aromatic rings. The number of amides is 1. The van der Waals surface area contributed by atoms with Crippen molar-refractivity contribution < 1.29 is 9.59 Å². The number of nitrogens with one attached hydrogen (secondary N) is 1. The third kappa shape index (κ3) is 5.65. The number of carbonyl (C=O) groups excluding carboxylic acids is 2. The van der Waals surface area contributed by atoms with Crippen molar-refractivity contribution in [2.24, 2.45) is 0 Å². The fourth-order valence-corrected chi connectivity index (χ4v) is 3.81. The van der Waals surface area contributed by atoms with Gasteiger partial charge >= 0.3 is 0 Å². The van der Waals surface area contributed by atoms with Gasteiger partial charge in [0.25, 0.3) is 0 Å². The first kappa shape index (κ1) is 19.0. The number of hydrogen-bond donors (Lipinski definition) is 1. The van der Waals surface area contributed by atoms with Crippen LogP contribution in [0.1, 0.15) is 48.1 Å². The Kier molecular flexibility index (Phi) is 6.11. The monoisotopic (exact) mass is 352 g/mol. The van der Waals surface area contributed by atoms with Crippen LogP contribution in [0.4, 0.5) is 0 Å². The lowest BCUT2D eigenvalue weighted by atomic mass is 10.1. The van der Waals surface area contributed by atoms with E-state index >= 15 is 0 Å². The van der Waals surface area contributed by atoms with Crippen LogP contribution in [-0.2, 0) is 11.3 Å². The molecule has 0 spiro atoms. The number of nitrogens with zero attached hydrogens (tertiary/aromatic N) is 3. The van der Waals surface area contributed by atoms with E-state index in [0.29, 0.717) is 6.54 Å². The summed E-state index contributed by atoms with van der Waals surface area (Å²) >= 11 is 1.50. The molecule has 134 valence electrons. The van der Waals surface area contributed by atoms with Crippen LogP contribution < -0.4 is 5.32 Å². The second kappa shape index (κ2) is 7.72. The summed E-state index contributed by atoms with van der Waals surface area (Å²) in [5.41, 5.74) is 0.649. The number of hydrogen-bond acceptors (Lipinski definition) is 6. The third-order valence-electron chi connectivity index (χ3n) is 3.87. The zero-order valence-corrected chi connectivity index (χ0v) is 16.1. The zero-order chi connectivity index (χ0) is 17.9. The predicted molar refractivity (Wildman–Crippen MR) is 96.5 cm³/mol. The van der Waals surface area contributed by atoms with Gasteiger partial charge < -0.3 is 5.32 Å². The van der Waals surface area contributed by atoms with Crippen molar-refractivity contribution in [1.29, 1.82) is 0 Å². The fourth-order valence-electron chi connectivity index (χ4n) is 2.80.